The van der Waals surface area contributed by atoms with Crippen molar-refractivity contribution in [3.63, 3.8) is 0 Å². The lowest BCUT2D eigenvalue weighted by Crippen LogP contribution is -2.38. The molecule has 0 aliphatic carbocycles. The number of ether oxygens (including phenoxy) is 1. The Kier molecular flexibility index (Phi) is 5.47. The highest BCUT2D eigenvalue weighted by Gasteiger charge is 2.24. The molecule has 0 fully saturated rings. The van der Waals surface area contributed by atoms with E-state index in [4.69, 9.17) is 9.15 Å². The Morgan fingerprint density at radius 1 is 1.11 bits per heavy atom. The molecule has 0 N–H and O–H groups in total. The number of carbonyl (C=O) groups excluding carboxylic acids is 1. The van der Waals surface area contributed by atoms with Crippen molar-refractivity contribution in [2.75, 3.05) is 6.61 Å². The lowest BCUT2D eigenvalue weighted by atomic mass is 10.0. The number of rotatable bonds is 7. The molecule has 4 nitrogen and oxygen atoms in total. The molecule has 0 spiro atoms. The second-order valence-corrected chi connectivity index (χ2v) is 7.31. The van der Waals surface area contributed by atoms with Gasteiger partial charge in [0.2, 0.25) is 0 Å². The van der Waals surface area contributed by atoms with Crippen LogP contribution in [0.5, 0.6) is 5.75 Å². The van der Waals surface area contributed by atoms with Crippen molar-refractivity contribution < 1.29 is 13.9 Å². The van der Waals surface area contributed by atoms with Gasteiger partial charge in [-0.25, -0.2) is 0 Å². The largest absolute Gasteiger partial charge is 0.493 e. The van der Waals surface area contributed by atoms with Gasteiger partial charge in [0.1, 0.15) is 11.5 Å². The number of furan rings is 1. The third-order valence-electron chi connectivity index (χ3n) is 5.33. The number of hydrogen-bond donors (Lipinski definition) is 0. The Hall–Kier alpha value is -3.01. The van der Waals surface area contributed by atoms with Crippen LogP contribution in [0.1, 0.15) is 40.6 Å². The SMILES string of the molecule is C[C@H](CCc1ccccc1)N(Cc1ccco1)C(=O)c1ccc2c(c1)CCO2. The summed E-state index contributed by atoms with van der Waals surface area (Å²) in [5, 5.41) is 0. The molecule has 1 amide bonds. The first-order chi connectivity index (χ1) is 13.7. The first-order valence-corrected chi connectivity index (χ1v) is 9.84. The fourth-order valence-corrected chi connectivity index (χ4v) is 3.66. The molecule has 144 valence electrons. The Labute approximate surface area is 165 Å². The zero-order chi connectivity index (χ0) is 19.3. The highest BCUT2D eigenvalue weighted by molar-refractivity contribution is 5.94. The molecule has 1 atom stereocenters. The van der Waals surface area contributed by atoms with Gasteiger partial charge in [-0.1, -0.05) is 30.3 Å². The van der Waals surface area contributed by atoms with E-state index in [9.17, 15) is 4.79 Å². The van der Waals surface area contributed by atoms with Gasteiger partial charge in [-0.05, 0) is 61.2 Å². The van der Waals surface area contributed by atoms with Crippen molar-refractivity contribution >= 4 is 5.91 Å². The average Bonchev–Trinajstić information content (AvgIpc) is 3.41. The number of aryl methyl sites for hydroxylation is 1. The quantitative estimate of drug-likeness (QED) is 0.591. The summed E-state index contributed by atoms with van der Waals surface area (Å²) in [6.07, 6.45) is 4.34. The summed E-state index contributed by atoms with van der Waals surface area (Å²) in [6, 6.07) is 20.0. The fourth-order valence-electron chi connectivity index (χ4n) is 3.66. The highest BCUT2D eigenvalue weighted by Crippen LogP contribution is 2.27. The second-order valence-electron chi connectivity index (χ2n) is 7.31. The van der Waals surface area contributed by atoms with Gasteiger partial charge in [-0.2, -0.15) is 0 Å². The van der Waals surface area contributed by atoms with E-state index in [0.717, 1.165) is 36.3 Å². The zero-order valence-corrected chi connectivity index (χ0v) is 16.1. The molecule has 1 aromatic heterocycles. The molecule has 3 aromatic rings. The second kappa shape index (κ2) is 8.34. The van der Waals surface area contributed by atoms with Crippen LogP contribution in [-0.4, -0.2) is 23.5 Å². The molecule has 4 rings (SSSR count). The summed E-state index contributed by atoms with van der Waals surface area (Å²) >= 11 is 0. The van der Waals surface area contributed by atoms with Crippen molar-refractivity contribution in [1.82, 2.24) is 4.90 Å². The van der Waals surface area contributed by atoms with E-state index < -0.39 is 0 Å². The lowest BCUT2D eigenvalue weighted by Gasteiger charge is -2.29. The Balaban J connectivity index is 1.53. The van der Waals surface area contributed by atoms with Crippen molar-refractivity contribution in [2.45, 2.75) is 38.8 Å². The number of hydrogen-bond acceptors (Lipinski definition) is 3. The minimum Gasteiger partial charge on any atom is -0.493 e. The molecule has 0 saturated carbocycles. The number of benzene rings is 2. The summed E-state index contributed by atoms with van der Waals surface area (Å²) in [7, 11) is 0. The predicted octanol–water partition coefficient (Wildman–Crippen LogP) is 4.88. The van der Waals surface area contributed by atoms with Crippen molar-refractivity contribution in [3.8, 4) is 5.75 Å². The highest BCUT2D eigenvalue weighted by atomic mass is 16.5. The van der Waals surface area contributed by atoms with Gasteiger partial charge in [0, 0.05) is 18.0 Å². The predicted molar refractivity (Wildman–Crippen MR) is 108 cm³/mol. The first kappa shape index (κ1) is 18.4. The number of nitrogens with zero attached hydrogens (tertiary/aromatic N) is 1. The summed E-state index contributed by atoms with van der Waals surface area (Å²) in [6.45, 7) is 3.27. The molecule has 2 aromatic carbocycles. The lowest BCUT2D eigenvalue weighted by molar-refractivity contribution is 0.0652. The van der Waals surface area contributed by atoms with Crippen molar-refractivity contribution in [1.29, 1.82) is 0 Å². The van der Waals surface area contributed by atoms with Crippen LogP contribution in [0.25, 0.3) is 0 Å². The molecule has 0 bridgehead atoms. The summed E-state index contributed by atoms with van der Waals surface area (Å²) in [5.41, 5.74) is 3.11. The normalized spacial score (nSPS) is 13.6. The molecular formula is C24H25NO3. The van der Waals surface area contributed by atoms with Gasteiger partial charge in [0.25, 0.3) is 5.91 Å². The van der Waals surface area contributed by atoms with E-state index >= 15 is 0 Å². The van der Waals surface area contributed by atoms with Crippen LogP contribution >= 0.6 is 0 Å². The van der Waals surface area contributed by atoms with E-state index in [1.165, 1.54) is 5.56 Å². The molecule has 1 aliphatic heterocycles. The standard InChI is InChI=1S/C24H25NO3/c1-18(9-10-19-6-3-2-4-7-19)25(17-22-8-5-14-27-22)24(26)21-11-12-23-20(16-21)13-15-28-23/h2-8,11-12,14,16,18H,9-10,13,15,17H2,1H3/t18-/m1/s1. The summed E-state index contributed by atoms with van der Waals surface area (Å²) < 4.78 is 11.1. The molecule has 0 saturated heterocycles. The minimum absolute atomic E-state index is 0.0339. The fraction of sp³-hybridized carbons (Fsp3) is 0.292. The van der Waals surface area contributed by atoms with E-state index in [0.29, 0.717) is 18.7 Å². The monoisotopic (exact) mass is 375 g/mol. The van der Waals surface area contributed by atoms with Crippen LogP contribution < -0.4 is 4.74 Å². The van der Waals surface area contributed by atoms with Crippen molar-refractivity contribution in [3.05, 3.63) is 89.4 Å². The smallest absolute Gasteiger partial charge is 0.254 e. The van der Waals surface area contributed by atoms with E-state index in [1.807, 2.05) is 41.3 Å². The van der Waals surface area contributed by atoms with Gasteiger partial charge in [0.15, 0.2) is 0 Å². The van der Waals surface area contributed by atoms with Crippen LogP contribution in [-0.2, 0) is 19.4 Å². The number of amides is 1. The number of fused-ring (bicyclic) bond motifs is 1. The maximum atomic E-state index is 13.4. The van der Waals surface area contributed by atoms with Crippen LogP contribution in [0.15, 0.2) is 71.3 Å². The maximum Gasteiger partial charge on any atom is 0.254 e. The van der Waals surface area contributed by atoms with E-state index in [2.05, 4.69) is 31.2 Å². The molecule has 0 unspecified atom stereocenters. The van der Waals surface area contributed by atoms with Gasteiger partial charge in [-0.3, -0.25) is 4.79 Å². The van der Waals surface area contributed by atoms with Crippen LogP contribution in [0.2, 0.25) is 0 Å². The third kappa shape index (κ3) is 4.11. The van der Waals surface area contributed by atoms with Crippen molar-refractivity contribution in [2.24, 2.45) is 0 Å². The average molecular weight is 375 g/mol. The van der Waals surface area contributed by atoms with Crippen LogP contribution in [0, 0.1) is 0 Å². The number of carbonyl (C=O) groups is 1. The van der Waals surface area contributed by atoms with Gasteiger partial charge in [-0.15, -0.1) is 0 Å². The van der Waals surface area contributed by atoms with E-state index in [1.54, 1.807) is 6.26 Å². The maximum absolute atomic E-state index is 13.4. The first-order valence-electron chi connectivity index (χ1n) is 9.84. The van der Waals surface area contributed by atoms with Crippen LogP contribution in [0.3, 0.4) is 0 Å². The molecule has 1 aliphatic rings. The Morgan fingerprint density at radius 3 is 2.75 bits per heavy atom. The zero-order valence-electron chi connectivity index (χ0n) is 16.1. The van der Waals surface area contributed by atoms with Gasteiger partial charge >= 0.3 is 0 Å². The third-order valence-corrected chi connectivity index (χ3v) is 5.33. The molecular weight excluding hydrogens is 350 g/mol. The van der Waals surface area contributed by atoms with Gasteiger partial charge < -0.3 is 14.1 Å². The van der Waals surface area contributed by atoms with E-state index in [-0.39, 0.29) is 11.9 Å². The minimum atomic E-state index is 0.0339. The summed E-state index contributed by atoms with van der Waals surface area (Å²) in [4.78, 5) is 15.3. The van der Waals surface area contributed by atoms with Gasteiger partial charge in [0.05, 0.1) is 19.4 Å². The topological polar surface area (TPSA) is 42.7 Å². The Morgan fingerprint density at radius 2 is 1.96 bits per heavy atom. The molecule has 2 heterocycles. The molecule has 0 radical (unpaired) electrons. The molecule has 4 heteroatoms. The summed E-state index contributed by atoms with van der Waals surface area (Å²) in [5.74, 6) is 1.72. The Bertz CT molecular complexity index is 918. The molecule has 28 heavy (non-hydrogen) atoms. The van der Waals surface area contributed by atoms with Crippen LogP contribution in [0.4, 0.5) is 0 Å².